The fraction of sp³-hybridized carbons (Fsp3) is 0.263. The van der Waals surface area contributed by atoms with Crippen LogP contribution in [0.5, 0.6) is 0 Å². The Bertz CT molecular complexity index is 977. The molecule has 0 bridgehead atoms. The number of hydrogen-bond donors (Lipinski definition) is 2. The Kier molecular flexibility index (Phi) is 6.10. The lowest BCUT2D eigenvalue weighted by molar-refractivity contribution is -0.125. The number of rotatable bonds is 7. The van der Waals surface area contributed by atoms with E-state index in [0.717, 1.165) is 22.6 Å². The molecule has 0 saturated carbocycles. The normalized spacial score (nSPS) is 10.7. The first-order valence-electron chi connectivity index (χ1n) is 8.76. The van der Waals surface area contributed by atoms with Crippen molar-refractivity contribution in [1.29, 1.82) is 0 Å². The van der Waals surface area contributed by atoms with Crippen LogP contribution in [0.15, 0.2) is 42.9 Å². The SMILES string of the molecule is CC(=O)NCC(=O)NCCn1ncc(-c2ccc(Cl)cc2)c1-c1nccn1C. The highest BCUT2D eigenvalue weighted by Gasteiger charge is 2.18. The summed E-state index contributed by atoms with van der Waals surface area (Å²) in [5, 5.41) is 10.4. The summed E-state index contributed by atoms with van der Waals surface area (Å²) in [4.78, 5) is 27.1. The fourth-order valence-electron chi connectivity index (χ4n) is 2.79. The summed E-state index contributed by atoms with van der Waals surface area (Å²) in [6, 6.07) is 7.54. The van der Waals surface area contributed by atoms with Crippen molar-refractivity contribution in [3.05, 3.63) is 47.9 Å². The summed E-state index contributed by atoms with van der Waals surface area (Å²) in [6.07, 6.45) is 5.38. The maximum absolute atomic E-state index is 11.8. The van der Waals surface area contributed by atoms with Crippen molar-refractivity contribution in [2.75, 3.05) is 13.1 Å². The number of aryl methyl sites for hydroxylation is 1. The predicted octanol–water partition coefficient (Wildman–Crippen LogP) is 1.86. The zero-order valence-electron chi connectivity index (χ0n) is 15.6. The third-order valence-electron chi connectivity index (χ3n) is 4.17. The molecule has 0 radical (unpaired) electrons. The topological polar surface area (TPSA) is 93.8 Å². The van der Waals surface area contributed by atoms with E-state index >= 15 is 0 Å². The maximum atomic E-state index is 11.8. The number of nitrogens with one attached hydrogen (secondary N) is 2. The smallest absolute Gasteiger partial charge is 0.239 e. The van der Waals surface area contributed by atoms with Crippen LogP contribution in [0.4, 0.5) is 0 Å². The number of hydrogen-bond acceptors (Lipinski definition) is 4. The van der Waals surface area contributed by atoms with Gasteiger partial charge in [-0.2, -0.15) is 5.10 Å². The molecular weight excluding hydrogens is 380 g/mol. The highest BCUT2D eigenvalue weighted by Crippen LogP contribution is 2.31. The van der Waals surface area contributed by atoms with Crippen molar-refractivity contribution >= 4 is 23.4 Å². The molecule has 0 atom stereocenters. The molecule has 0 spiro atoms. The summed E-state index contributed by atoms with van der Waals surface area (Å²) < 4.78 is 3.73. The summed E-state index contributed by atoms with van der Waals surface area (Å²) in [5.74, 6) is 0.276. The second-order valence-corrected chi connectivity index (χ2v) is 6.69. The number of amides is 2. The van der Waals surface area contributed by atoms with E-state index in [0.29, 0.717) is 18.1 Å². The van der Waals surface area contributed by atoms with Crippen LogP contribution in [-0.4, -0.2) is 44.2 Å². The number of imidazole rings is 1. The number of aromatic nitrogens is 4. The monoisotopic (exact) mass is 400 g/mol. The van der Waals surface area contributed by atoms with Crippen molar-refractivity contribution in [2.45, 2.75) is 13.5 Å². The Morgan fingerprint density at radius 3 is 2.57 bits per heavy atom. The van der Waals surface area contributed by atoms with Gasteiger partial charge in [-0.05, 0) is 17.7 Å². The molecule has 2 heterocycles. The fourth-order valence-corrected chi connectivity index (χ4v) is 2.92. The van der Waals surface area contributed by atoms with Gasteiger partial charge in [0.1, 0.15) is 5.69 Å². The number of halogens is 1. The quantitative estimate of drug-likeness (QED) is 0.633. The number of benzene rings is 1. The molecule has 0 aliphatic rings. The third kappa shape index (κ3) is 4.58. The standard InChI is InChI=1S/C19H21ClN6O2/c1-13(27)23-12-17(28)21-8-10-26-18(19-22-7-9-25(19)2)16(11-24-26)14-3-5-15(20)6-4-14/h3-7,9,11H,8,10,12H2,1-2H3,(H,21,28)(H,23,27). The van der Waals surface area contributed by atoms with E-state index in [-0.39, 0.29) is 18.4 Å². The van der Waals surface area contributed by atoms with E-state index in [9.17, 15) is 9.59 Å². The largest absolute Gasteiger partial charge is 0.353 e. The first-order chi connectivity index (χ1) is 13.5. The van der Waals surface area contributed by atoms with Gasteiger partial charge in [0.25, 0.3) is 0 Å². The van der Waals surface area contributed by atoms with Crippen molar-refractivity contribution in [2.24, 2.45) is 7.05 Å². The van der Waals surface area contributed by atoms with Crippen LogP contribution in [0.3, 0.4) is 0 Å². The van der Waals surface area contributed by atoms with Crippen molar-refractivity contribution in [3.63, 3.8) is 0 Å². The maximum Gasteiger partial charge on any atom is 0.239 e. The molecule has 2 N–H and O–H groups in total. The average Bonchev–Trinajstić information content (AvgIpc) is 3.26. The van der Waals surface area contributed by atoms with E-state index in [4.69, 9.17) is 11.6 Å². The molecule has 3 rings (SSSR count). The highest BCUT2D eigenvalue weighted by atomic mass is 35.5. The molecule has 1 aromatic carbocycles. The molecule has 0 fully saturated rings. The second kappa shape index (κ2) is 8.71. The number of carbonyl (C=O) groups is 2. The molecule has 8 nitrogen and oxygen atoms in total. The van der Waals surface area contributed by atoms with Gasteiger partial charge in [0.2, 0.25) is 11.8 Å². The van der Waals surface area contributed by atoms with Gasteiger partial charge in [-0.25, -0.2) is 4.98 Å². The lowest BCUT2D eigenvalue weighted by Crippen LogP contribution is -2.37. The molecule has 9 heteroatoms. The summed E-state index contributed by atoms with van der Waals surface area (Å²) in [6.45, 7) is 2.16. The van der Waals surface area contributed by atoms with Gasteiger partial charge in [0.05, 0.1) is 19.3 Å². The zero-order chi connectivity index (χ0) is 20.1. The summed E-state index contributed by atoms with van der Waals surface area (Å²) >= 11 is 6.01. The van der Waals surface area contributed by atoms with Gasteiger partial charge >= 0.3 is 0 Å². The van der Waals surface area contributed by atoms with E-state index < -0.39 is 0 Å². The second-order valence-electron chi connectivity index (χ2n) is 6.26. The van der Waals surface area contributed by atoms with Gasteiger partial charge < -0.3 is 15.2 Å². The minimum absolute atomic E-state index is 0.0450. The van der Waals surface area contributed by atoms with Crippen LogP contribution < -0.4 is 10.6 Å². The van der Waals surface area contributed by atoms with Gasteiger partial charge in [-0.1, -0.05) is 23.7 Å². The van der Waals surface area contributed by atoms with E-state index in [2.05, 4.69) is 20.7 Å². The first kappa shape index (κ1) is 19.6. The van der Waals surface area contributed by atoms with Crippen LogP contribution in [0, 0.1) is 0 Å². The number of carbonyl (C=O) groups excluding carboxylic acids is 2. The highest BCUT2D eigenvalue weighted by molar-refractivity contribution is 6.30. The Labute approximate surface area is 167 Å². The third-order valence-corrected chi connectivity index (χ3v) is 4.42. The summed E-state index contributed by atoms with van der Waals surface area (Å²) in [5.41, 5.74) is 2.75. The zero-order valence-corrected chi connectivity index (χ0v) is 16.4. The van der Waals surface area contributed by atoms with Crippen LogP contribution in [0.1, 0.15) is 6.92 Å². The number of nitrogens with zero attached hydrogens (tertiary/aromatic N) is 4. The van der Waals surface area contributed by atoms with Gasteiger partial charge in [0.15, 0.2) is 5.82 Å². The summed E-state index contributed by atoms with van der Waals surface area (Å²) in [7, 11) is 1.92. The van der Waals surface area contributed by atoms with Gasteiger partial charge in [0, 0.05) is 43.5 Å². The molecule has 2 amide bonds. The van der Waals surface area contributed by atoms with Crippen LogP contribution in [-0.2, 0) is 23.2 Å². The minimum Gasteiger partial charge on any atom is -0.353 e. The molecule has 0 saturated heterocycles. The van der Waals surface area contributed by atoms with Crippen molar-refractivity contribution in [1.82, 2.24) is 30.0 Å². The van der Waals surface area contributed by atoms with Crippen LogP contribution in [0.2, 0.25) is 5.02 Å². The lowest BCUT2D eigenvalue weighted by atomic mass is 10.1. The Morgan fingerprint density at radius 2 is 1.93 bits per heavy atom. The average molecular weight is 401 g/mol. The molecule has 146 valence electrons. The molecule has 0 unspecified atom stereocenters. The Morgan fingerprint density at radius 1 is 1.18 bits per heavy atom. The van der Waals surface area contributed by atoms with Crippen LogP contribution in [0.25, 0.3) is 22.6 Å². The predicted molar refractivity (Wildman–Crippen MR) is 107 cm³/mol. The molecular formula is C19H21ClN6O2. The van der Waals surface area contributed by atoms with Gasteiger partial charge in [-0.3, -0.25) is 14.3 Å². The van der Waals surface area contributed by atoms with E-state index in [1.807, 2.05) is 46.8 Å². The first-order valence-corrected chi connectivity index (χ1v) is 9.14. The minimum atomic E-state index is -0.251. The molecule has 0 aliphatic heterocycles. The van der Waals surface area contributed by atoms with Gasteiger partial charge in [-0.15, -0.1) is 0 Å². The Balaban J connectivity index is 1.82. The van der Waals surface area contributed by atoms with E-state index in [1.165, 1.54) is 6.92 Å². The molecule has 2 aromatic heterocycles. The molecule has 0 aliphatic carbocycles. The Hall–Kier alpha value is -3.13. The molecule has 28 heavy (non-hydrogen) atoms. The van der Waals surface area contributed by atoms with Crippen LogP contribution >= 0.6 is 11.6 Å². The lowest BCUT2D eigenvalue weighted by Gasteiger charge is -2.11. The van der Waals surface area contributed by atoms with E-state index in [1.54, 1.807) is 12.4 Å². The van der Waals surface area contributed by atoms with Crippen molar-refractivity contribution < 1.29 is 9.59 Å². The van der Waals surface area contributed by atoms with Crippen molar-refractivity contribution in [3.8, 4) is 22.6 Å². The molecule has 3 aromatic rings.